The molecule has 0 fully saturated rings. The number of halogens is 1. The van der Waals surface area contributed by atoms with Crippen LogP contribution in [0, 0.1) is 22.7 Å². The standard InChI is InChI=1S/C12H8N2O.C12H7NO2.C6H3ClN2.S4.S3.S2/c13-9-11-12(7-4-8-14-11)15-10-5-2-1-3-6-10;14-12-8-4-1-2-5-9(8)15-10-6-3-7-13-11(10)12;7-5-2-1-3-9-6(5)4-8;1-3-4-2;1-3-2;1-2/h1-8H;1-7H;1-3H;;;. The fraction of sp³-hybridized carbons (Fsp3) is 0. The zero-order valence-electron chi connectivity index (χ0n) is 23.9. The molecule has 0 saturated heterocycles. The van der Waals surface area contributed by atoms with Crippen LogP contribution >= 0.6 is 11.6 Å². The summed E-state index contributed by atoms with van der Waals surface area (Å²) in [6.45, 7) is 0. The van der Waals surface area contributed by atoms with Gasteiger partial charge in [-0.3, -0.25) is 4.79 Å². The Labute approximate surface area is 319 Å². The molecule has 8 nitrogen and oxygen atoms in total. The first-order valence-corrected chi connectivity index (χ1v) is 20.8. The van der Waals surface area contributed by atoms with Crippen LogP contribution in [0.4, 0.5) is 0 Å². The Kier molecular flexibility index (Phi) is 23.3. The molecule has 18 heteroatoms. The second-order valence-electron chi connectivity index (χ2n) is 7.80. The normalized spacial score (nSPS) is 8.65. The number of rotatable bonds is 2. The Morgan fingerprint density at radius 2 is 1.21 bits per heavy atom. The monoisotopic (exact) mass is 819 g/mol. The SMILES string of the molecule is N#Cc1ncccc1Cl.N#Cc1ncccc1Oc1ccccc1.O=c1c2ccccc2oc2cccnc12.S=S.S=S=S.S=S=S=S. The lowest BCUT2D eigenvalue weighted by atomic mass is 10.2. The van der Waals surface area contributed by atoms with E-state index in [4.69, 9.17) is 31.3 Å². The first kappa shape index (κ1) is 42.4. The molecule has 0 radical (unpaired) electrons. The van der Waals surface area contributed by atoms with E-state index in [0.717, 1.165) is 8.88 Å². The lowest BCUT2D eigenvalue weighted by Gasteiger charge is -2.05. The minimum Gasteiger partial charge on any atom is -0.454 e. The summed E-state index contributed by atoms with van der Waals surface area (Å²) in [5, 5.41) is 18.1. The zero-order valence-corrected chi connectivity index (χ0v) is 32.0. The Morgan fingerprint density at radius 1 is 0.688 bits per heavy atom. The highest BCUT2D eigenvalue weighted by Crippen LogP contribution is 2.22. The summed E-state index contributed by atoms with van der Waals surface area (Å²) in [7, 11) is 3.26. The minimum atomic E-state index is -0.0764. The molecule has 0 aliphatic carbocycles. The molecule has 6 rings (SSSR count). The van der Waals surface area contributed by atoms with Gasteiger partial charge >= 0.3 is 0 Å². The topological polar surface area (TPSA) is 126 Å². The summed E-state index contributed by atoms with van der Waals surface area (Å²) < 4.78 is 11.1. The van der Waals surface area contributed by atoms with Crippen LogP contribution in [0.25, 0.3) is 22.1 Å². The van der Waals surface area contributed by atoms with E-state index in [9.17, 15) is 4.79 Å². The summed E-state index contributed by atoms with van der Waals surface area (Å²) in [5.41, 5.74) is 2.01. The highest BCUT2D eigenvalue weighted by Gasteiger charge is 2.06. The molecule has 0 spiro atoms. The summed E-state index contributed by atoms with van der Waals surface area (Å²) in [4.78, 5) is 23.6. The van der Waals surface area contributed by atoms with E-state index in [0.29, 0.717) is 44.3 Å². The fourth-order valence-corrected chi connectivity index (χ4v) is 3.44. The maximum Gasteiger partial charge on any atom is 0.218 e. The average Bonchev–Trinajstić information content (AvgIpc) is 3.14. The van der Waals surface area contributed by atoms with Gasteiger partial charge in [-0.2, -0.15) is 10.5 Å². The molecule has 0 saturated carbocycles. The van der Waals surface area contributed by atoms with E-state index in [1.54, 1.807) is 60.9 Å². The zero-order chi connectivity index (χ0) is 35.6. The van der Waals surface area contributed by atoms with Crippen molar-refractivity contribution >= 4 is 127 Å². The van der Waals surface area contributed by atoms with Crippen LogP contribution in [0.2, 0.25) is 5.02 Å². The number of nitrogens with zero attached hydrogens (tertiary/aromatic N) is 5. The Bertz CT molecular complexity index is 2110. The molecule has 0 atom stereocenters. The molecule has 0 N–H and O–H groups in total. The molecule has 242 valence electrons. The molecule has 0 bridgehead atoms. The lowest BCUT2D eigenvalue weighted by molar-refractivity contribution is 0.478. The molecule has 0 aliphatic heterocycles. The molecule has 48 heavy (non-hydrogen) atoms. The van der Waals surface area contributed by atoms with Crippen molar-refractivity contribution in [1.29, 1.82) is 10.5 Å². The van der Waals surface area contributed by atoms with E-state index in [1.165, 1.54) is 24.0 Å². The van der Waals surface area contributed by atoms with Crippen LogP contribution in [-0.2, 0) is 93.8 Å². The number of fused-ring (bicyclic) bond motifs is 2. The smallest absolute Gasteiger partial charge is 0.218 e. The van der Waals surface area contributed by atoms with Gasteiger partial charge in [0.05, 0.1) is 10.4 Å². The van der Waals surface area contributed by atoms with Crippen LogP contribution < -0.4 is 10.2 Å². The average molecular weight is 821 g/mol. The van der Waals surface area contributed by atoms with Crippen LogP contribution in [0.15, 0.2) is 119 Å². The third kappa shape index (κ3) is 15.1. The van der Waals surface area contributed by atoms with Crippen LogP contribution in [0.3, 0.4) is 0 Å². The van der Waals surface area contributed by atoms with E-state index >= 15 is 0 Å². The van der Waals surface area contributed by atoms with Crippen LogP contribution in [0.1, 0.15) is 11.4 Å². The van der Waals surface area contributed by atoms with Gasteiger partial charge in [-0.15, -0.1) is 0 Å². The molecule has 4 heterocycles. The van der Waals surface area contributed by atoms with E-state index in [1.807, 2.05) is 54.6 Å². The first-order chi connectivity index (χ1) is 23.4. The number of hydrogen-bond acceptors (Lipinski definition) is 14. The van der Waals surface area contributed by atoms with Crippen molar-refractivity contribution < 1.29 is 9.15 Å². The second-order valence-corrected chi connectivity index (χ2v) is 13.5. The number of ether oxygens (including phenoxy) is 1. The predicted octanol–water partition coefficient (Wildman–Crippen LogP) is 6.67. The number of para-hydroxylation sites is 2. The molecule has 0 amide bonds. The first-order valence-electron chi connectivity index (χ1n) is 12.5. The van der Waals surface area contributed by atoms with Crippen molar-refractivity contribution in [3.8, 4) is 23.6 Å². The minimum absolute atomic E-state index is 0.0764. The van der Waals surface area contributed by atoms with E-state index in [2.05, 4.69) is 82.1 Å². The highest BCUT2D eigenvalue weighted by molar-refractivity contribution is 8.51. The predicted molar refractivity (Wildman–Crippen MR) is 213 cm³/mol. The Hall–Kier alpha value is -3.59. The number of hydrogen-bond donors (Lipinski definition) is 0. The lowest BCUT2D eigenvalue weighted by Crippen LogP contribution is -2.03. The number of pyridine rings is 3. The largest absolute Gasteiger partial charge is 0.454 e. The van der Waals surface area contributed by atoms with Crippen LogP contribution in [0.5, 0.6) is 11.5 Å². The number of nitriles is 2. The highest BCUT2D eigenvalue weighted by atomic mass is 35.5. The summed E-state index contributed by atoms with van der Waals surface area (Å²) in [5.74, 6) is 1.17. The number of benzene rings is 2. The van der Waals surface area contributed by atoms with Gasteiger partial charge in [0.2, 0.25) is 5.43 Å². The Morgan fingerprint density at radius 3 is 1.79 bits per heavy atom. The van der Waals surface area contributed by atoms with E-state index < -0.39 is 0 Å². The fourth-order valence-electron chi connectivity index (χ4n) is 3.27. The van der Waals surface area contributed by atoms with Crippen molar-refractivity contribution in [2.75, 3.05) is 0 Å². The number of aromatic nitrogens is 3. The molecular weight excluding hydrogens is 802 g/mol. The summed E-state index contributed by atoms with van der Waals surface area (Å²) >= 11 is 29.8. The van der Waals surface area contributed by atoms with Crippen molar-refractivity contribution in [3.05, 3.63) is 136 Å². The molecular formula is C30H18ClN5O3S9. The quantitative estimate of drug-likeness (QED) is 0.173. The Balaban J connectivity index is 0.000000328. The summed E-state index contributed by atoms with van der Waals surface area (Å²) in [6.07, 6.45) is 4.69. The molecule has 0 aliphatic rings. The van der Waals surface area contributed by atoms with Crippen molar-refractivity contribution in [1.82, 2.24) is 15.0 Å². The van der Waals surface area contributed by atoms with Gasteiger partial charge in [-0.1, -0.05) is 41.9 Å². The molecule has 4 aromatic heterocycles. The van der Waals surface area contributed by atoms with Gasteiger partial charge in [0.25, 0.3) is 0 Å². The van der Waals surface area contributed by atoms with Crippen molar-refractivity contribution in [2.24, 2.45) is 0 Å². The van der Waals surface area contributed by atoms with Gasteiger partial charge in [-0.05, 0) is 60.7 Å². The third-order valence-electron chi connectivity index (χ3n) is 5.08. The second kappa shape index (κ2) is 26.4. The van der Waals surface area contributed by atoms with Gasteiger partial charge in [0.1, 0.15) is 23.5 Å². The van der Waals surface area contributed by atoms with Crippen molar-refractivity contribution in [3.63, 3.8) is 0 Å². The van der Waals surface area contributed by atoms with Gasteiger partial charge in [0.15, 0.2) is 28.2 Å². The van der Waals surface area contributed by atoms with Gasteiger partial charge < -0.3 is 9.15 Å². The summed E-state index contributed by atoms with van der Waals surface area (Å²) in [6, 6.07) is 30.6. The van der Waals surface area contributed by atoms with Gasteiger partial charge in [0, 0.05) is 112 Å². The van der Waals surface area contributed by atoms with E-state index in [-0.39, 0.29) is 11.1 Å². The molecule has 6 aromatic rings. The van der Waals surface area contributed by atoms with Crippen LogP contribution in [-0.4, -0.2) is 15.0 Å². The molecule has 2 aromatic carbocycles. The van der Waals surface area contributed by atoms with Gasteiger partial charge in [-0.25, -0.2) is 15.0 Å². The maximum absolute atomic E-state index is 12.0. The molecule has 0 unspecified atom stereocenters. The van der Waals surface area contributed by atoms with Crippen molar-refractivity contribution in [2.45, 2.75) is 0 Å². The maximum atomic E-state index is 12.0. The third-order valence-corrected chi connectivity index (χ3v) is 7.60.